The lowest BCUT2D eigenvalue weighted by atomic mass is 9.96. The van der Waals surface area contributed by atoms with Gasteiger partial charge in [-0.05, 0) is 35.4 Å². The van der Waals surface area contributed by atoms with E-state index in [1.807, 2.05) is 24.4 Å². The number of nitrogens with zero attached hydrogens (tertiary/aromatic N) is 2. The standard InChI is InChI=1S/C19H18N2/c1-21(2)16-11-12-17(15-8-4-3-5-9-15)18(14-16)19-10-6-7-13-20-19/h3-14H,1-2H3. The van der Waals surface area contributed by atoms with Crippen LogP contribution in [0.15, 0.2) is 72.9 Å². The van der Waals surface area contributed by atoms with E-state index in [-0.39, 0.29) is 0 Å². The van der Waals surface area contributed by atoms with Crippen LogP contribution in [0.2, 0.25) is 0 Å². The molecule has 0 N–H and O–H groups in total. The highest BCUT2D eigenvalue weighted by Crippen LogP contribution is 2.33. The van der Waals surface area contributed by atoms with Crippen LogP contribution in [0.1, 0.15) is 0 Å². The second kappa shape index (κ2) is 5.80. The summed E-state index contributed by atoms with van der Waals surface area (Å²) < 4.78 is 0. The molecule has 0 spiro atoms. The lowest BCUT2D eigenvalue weighted by Gasteiger charge is -2.17. The van der Waals surface area contributed by atoms with Gasteiger partial charge in [-0.1, -0.05) is 42.5 Å². The highest BCUT2D eigenvalue weighted by molar-refractivity contribution is 5.84. The van der Waals surface area contributed by atoms with E-state index < -0.39 is 0 Å². The smallest absolute Gasteiger partial charge is 0.0708 e. The maximum absolute atomic E-state index is 4.52. The molecule has 0 aliphatic carbocycles. The van der Waals surface area contributed by atoms with Crippen LogP contribution in [0.25, 0.3) is 22.4 Å². The van der Waals surface area contributed by atoms with E-state index in [0.29, 0.717) is 0 Å². The van der Waals surface area contributed by atoms with Gasteiger partial charge in [-0.15, -0.1) is 0 Å². The van der Waals surface area contributed by atoms with Crippen LogP contribution in [0, 0.1) is 0 Å². The van der Waals surface area contributed by atoms with Gasteiger partial charge >= 0.3 is 0 Å². The Labute approximate surface area is 125 Å². The third kappa shape index (κ3) is 2.79. The number of aromatic nitrogens is 1. The number of hydrogen-bond donors (Lipinski definition) is 0. The summed E-state index contributed by atoms with van der Waals surface area (Å²) in [5.41, 5.74) is 5.76. The van der Waals surface area contributed by atoms with Crippen LogP contribution in [0.4, 0.5) is 5.69 Å². The molecule has 0 atom stereocenters. The maximum Gasteiger partial charge on any atom is 0.0708 e. The largest absolute Gasteiger partial charge is 0.378 e. The third-order valence-corrected chi connectivity index (χ3v) is 3.55. The predicted molar refractivity (Wildman–Crippen MR) is 89.4 cm³/mol. The van der Waals surface area contributed by atoms with Gasteiger partial charge in [-0.2, -0.15) is 0 Å². The van der Waals surface area contributed by atoms with E-state index in [1.54, 1.807) is 0 Å². The molecule has 2 aromatic carbocycles. The number of rotatable bonds is 3. The highest BCUT2D eigenvalue weighted by Gasteiger charge is 2.10. The summed E-state index contributed by atoms with van der Waals surface area (Å²) in [7, 11) is 4.11. The van der Waals surface area contributed by atoms with E-state index in [2.05, 4.69) is 72.5 Å². The van der Waals surface area contributed by atoms with Crippen LogP contribution in [-0.4, -0.2) is 19.1 Å². The first-order valence-electron chi connectivity index (χ1n) is 7.04. The van der Waals surface area contributed by atoms with E-state index in [0.717, 1.165) is 11.3 Å². The van der Waals surface area contributed by atoms with E-state index in [9.17, 15) is 0 Å². The summed E-state index contributed by atoms with van der Waals surface area (Å²) in [6.07, 6.45) is 1.84. The molecule has 2 heteroatoms. The van der Waals surface area contributed by atoms with Gasteiger partial charge in [0, 0.05) is 31.5 Å². The number of anilines is 1. The Balaban J connectivity index is 2.21. The first kappa shape index (κ1) is 13.4. The highest BCUT2D eigenvalue weighted by atomic mass is 15.1. The van der Waals surface area contributed by atoms with Crippen molar-refractivity contribution in [2.24, 2.45) is 0 Å². The topological polar surface area (TPSA) is 16.1 Å². The fraction of sp³-hybridized carbons (Fsp3) is 0.105. The molecule has 0 radical (unpaired) electrons. The summed E-state index contributed by atoms with van der Waals surface area (Å²) in [6, 6.07) is 23.0. The Bertz CT molecular complexity index is 719. The van der Waals surface area contributed by atoms with Gasteiger partial charge in [-0.3, -0.25) is 4.98 Å². The van der Waals surface area contributed by atoms with Crippen LogP contribution >= 0.6 is 0 Å². The SMILES string of the molecule is CN(C)c1ccc(-c2ccccc2)c(-c2ccccn2)c1. The van der Waals surface area contributed by atoms with Gasteiger partial charge in [0.1, 0.15) is 0 Å². The van der Waals surface area contributed by atoms with E-state index in [1.165, 1.54) is 16.8 Å². The molecule has 104 valence electrons. The Morgan fingerprint density at radius 1 is 0.762 bits per heavy atom. The van der Waals surface area contributed by atoms with Crippen LogP contribution in [-0.2, 0) is 0 Å². The minimum Gasteiger partial charge on any atom is -0.378 e. The molecule has 1 aromatic heterocycles. The predicted octanol–water partition coefficient (Wildman–Crippen LogP) is 4.48. The number of pyridine rings is 1. The summed E-state index contributed by atoms with van der Waals surface area (Å²) in [5.74, 6) is 0. The Kier molecular flexibility index (Phi) is 3.69. The lowest BCUT2D eigenvalue weighted by molar-refractivity contribution is 1.13. The first-order chi connectivity index (χ1) is 10.3. The molecule has 2 nitrogen and oxygen atoms in total. The monoisotopic (exact) mass is 274 g/mol. The van der Waals surface area contributed by atoms with Crippen molar-refractivity contribution in [3.63, 3.8) is 0 Å². The molecule has 3 aromatic rings. The van der Waals surface area contributed by atoms with Crippen molar-refractivity contribution in [2.75, 3.05) is 19.0 Å². The number of benzene rings is 2. The zero-order valence-electron chi connectivity index (χ0n) is 12.3. The maximum atomic E-state index is 4.52. The normalized spacial score (nSPS) is 10.4. The summed E-state index contributed by atoms with van der Waals surface area (Å²) in [4.78, 5) is 6.63. The molecule has 0 unspecified atom stereocenters. The Morgan fingerprint density at radius 3 is 2.19 bits per heavy atom. The molecule has 0 fully saturated rings. The quantitative estimate of drug-likeness (QED) is 0.700. The molecule has 0 aliphatic heterocycles. The minimum atomic E-state index is 1.00. The lowest BCUT2D eigenvalue weighted by Crippen LogP contribution is -2.08. The van der Waals surface area contributed by atoms with Crippen molar-refractivity contribution in [3.05, 3.63) is 72.9 Å². The molecule has 0 amide bonds. The van der Waals surface area contributed by atoms with E-state index >= 15 is 0 Å². The fourth-order valence-electron chi connectivity index (χ4n) is 2.41. The zero-order chi connectivity index (χ0) is 14.7. The number of hydrogen-bond acceptors (Lipinski definition) is 2. The van der Waals surface area contributed by atoms with E-state index in [4.69, 9.17) is 0 Å². The molecule has 3 rings (SSSR count). The van der Waals surface area contributed by atoms with Gasteiger partial charge in [-0.25, -0.2) is 0 Å². The van der Waals surface area contributed by atoms with Crippen molar-refractivity contribution in [1.29, 1.82) is 0 Å². The average Bonchev–Trinajstić information content (AvgIpc) is 2.56. The van der Waals surface area contributed by atoms with Crippen LogP contribution < -0.4 is 4.90 Å². The van der Waals surface area contributed by atoms with Crippen LogP contribution in [0.3, 0.4) is 0 Å². The molecule has 0 aliphatic rings. The van der Waals surface area contributed by atoms with Gasteiger partial charge in [0.15, 0.2) is 0 Å². The van der Waals surface area contributed by atoms with Crippen LogP contribution in [0.5, 0.6) is 0 Å². The third-order valence-electron chi connectivity index (χ3n) is 3.55. The zero-order valence-corrected chi connectivity index (χ0v) is 12.3. The molecular formula is C19H18N2. The molecule has 1 heterocycles. The molecule has 0 saturated heterocycles. The fourth-order valence-corrected chi connectivity index (χ4v) is 2.41. The summed E-state index contributed by atoms with van der Waals surface area (Å²) in [5, 5.41) is 0. The Hall–Kier alpha value is -2.61. The molecule has 0 bridgehead atoms. The van der Waals surface area contributed by atoms with Crippen molar-refractivity contribution < 1.29 is 0 Å². The second-order valence-electron chi connectivity index (χ2n) is 5.21. The Morgan fingerprint density at radius 2 is 1.52 bits per heavy atom. The molecular weight excluding hydrogens is 256 g/mol. The summed E-state index contributed by atoms with van der Waals surface area (Å²) >= 11 is 0. The second-order valence-corrected chi connectivity index (χ2v) is 5.21. The summed E-state index contributed by atoms with van der Waals surface area (Å²) in [6.45, 7) is 0. The average molecular weight is 274 g/mol. The van der Waals surface area contributed by atoms with Gasteiger partial charge in [0.05, 0.1) is 5.69 Å². The minimum absolute atomic E-state index is 1.00. The van der Waals surface area contributed by atoms with Crippen molar-refractivity contribution in [3.8, 4) is 22.4 Å². The van der Waals surface area contributed by atoms with Gasteiger partial charge in [0.2, 0.25) is 0 Å². The van der Waals surface area contributed by atoms with Crippen molar-refractivity contribution in [1.82, 2.24) is 4.98 Å². The van der Waals surface area contributed by atoms with Crippen molar-refractivity contribution in [2.45, 2.75) is 0 Å². The first-order valence-corrected chi connectivity index (χ1v) is 7.04. The van der Waals surface area contributed by atoms with Crippen molar-refractivity contribution >= 4 is 5.69 Å². The van der Waals surface area contributed by atoms with Gasteiger partial charge in [0.25, 0.3) is 0 Å². The molecule has 21 heavy (non-hydrogen) atoms. The van der Waals surface area contributed by atoms with Gasteiger partial charge < -0.3 is 4.90 Å². The molecule has 0 saturated carbocycles.